The van der Waals surface area contributed by atoms with Crippen molar-refractivity contribution in [3.63, 3.8) is 0 Å². The molecular weight excluding hydrogens is 411 g/mol. The summed E-state index contributed by atoms with van der Waals surface area (Å²) in [5.41, 5.74) is 5.58. The number of ether oxygens (including phenoxy) is 3. The molecule has 2 aromatic carbocycles. The molecule has 12 heteroatoms. The first-order valence-corrected chi connectivity index (χ1v) is 8.87. The van der Waals surface area contributed by atoms with Crippen molar-refractivity contribution < 1.29 is 28.2 Å². The number of rotatable bonds is 8. The Balaban J connectivity index is 1.91. The molecule has 1 heterocycles. The minimum Gasteiger partial charge on any atom is -0.493 e. The SMILES string of the molecule is COc1cc(C(=O)Nc2cc(-n3nnnc3C)ccc2F)cc(OC)c1OCC(N)=O. The van der Waals surface area contributed by atoms with Gasteiger partial charge in [-0.3, -0.25) is 9.59 Å². The summed E-state index contributed by atoms with van der Waals surface area (Å²) in [5.74, 6) is -1.13. The number of tetrazole rings is 1. The molecule has 0 saturated carbocycles. The second-order valence-electron chi connectivity index (χ2n) is 6.22. The molecule has 0 radical (unpaired) electrons. The van der Waals surface area contributed by atoms with Gasteiger partial charge in [0.15, 0.2) is 23.9 Å². The molecule has 11 nitrogen and oxygen atoms in total. The quantitative estimate of drug-likeness (QED) is 0.543. The van der Waals surface area contributed by atoms with Gasteiger partial charge in [0.25, 0.3) is 11.8 Å². The first-order valence-electron chi connectivity index (χ1n) is 8.87. The van der Waals surface area contributed by atoms with Gasteiger partial charge in [-0.1, -0.05) is 0 Å². The van der Waals surface area contributed by atoms with Gasteiger partial charge >= 0.3 is 0 Å². The molecule has 3 aromatic rings. The maximum Gasteiger partial charge on any atom is 0.256 e. The maximum absolute atomic E-state index is 14.3. The number of halogens is 1. The van der Waals surface area contributed by atoms with Crippen molar-refractivity contribution in [1.82, 2.24) is 20.2 Å². The van der Waals surface area contributed by atoms with E-state index in [1.54, 1.807) is 6.92 Å². The highest BCUT2D eigenvalue weighted by Crippen LogP contribution is 2.38. The highest BCUT2D eigenvalue weighted by molar-refractivity contribution is 6.05. The molecule has 0 aliphatic rings. The van der Waals surface area contributed by atoms with Gasteiger partial charge in [-0.05, 0) is 47.7 Å². The number of aromatic nitrogens is 4. The van der Waals surface area contributed by atoms with Gasteiger partial charge in [0.05, 0.1) is 25.6 Å². The molecule has 0 fully saturated rings. The van der Waals surface area contributed by atoms with E-state index < -0.39 is 24.2 Å². The van der Waals surface area contributed by atoms with E-state index in [0.717, 1.165) is 0 Å². The average molecular weight is 430 g/mol. The van der Waals surface area contributed by atoms with E-state index in [-0.39, 0.29) is 28.5 Å². The van der Waals surface area contributed by atoms with Gasteiger partial charge in [-0.2, -0.15) is 4.68 Å². The van der Waals surface area contributed by atoms with Crippen LogP contribution >= 0.6 is 0 Å². The average Bonchev–Trinajstić information content (AvgIpc) is 3.18. The highest BCUT2D eigenvalue weighted by atomic mass is 19.1. The lowest BCUT2D eigenvalue weighted by atomic mass is 10.1. The molecule has 0 atom stereocenters. The number of aryl methyl sites for hydroxylation is 1. The van der Waals surface area contributed by atoms with Crippen molar-refractivity contribution in [2.45, 2.75) is 6.92 Å². The molecule has 3 N–H and O–H groups in total. The highest BCUT2D eigenvalue weighted by Gasteiger charge is 2.19. The van der Waals surface area contributed by atoms with Crippen LogP contribution in [0.3, 0.4) is 0 Å². The van der Waals surface area contributed by atoms with E-state index in [4.69, 9.17) is 19.9 Å². The van der Waals surface area contributed by atoms with Crippen LogP contribution in [0.2, 0.25) is 0 Å². The molecule has 0 saturated heterocycles. The van der Waals surface area contributed by atoms with Crippen LogP contribution < -0.4 is 25.3 Å². The summed E-state index contributed by atoms with van der Waals surface area (Å²) in [6, 6.07) is 6.79. The molecule has 0 unspecified atom stereocenters. The van der Waals surface area contributed by atoms with Crippen LogP contribution in [0.4, 0.5) is 10.1 Å². The molecule has 3 rings (SSSR count). The van der Waals surface area contributed by atoms with E-state index in [1.807, 2.05) is 0 Å². The zero-order valence-corrected chi connectivity index (χ0v) is 16.9. The number of hydrogen-bond acceptors (Lipinski definition) is 8. The summed E-state index contributed by atoms with van der Waals surface area (Å²) in [6.07, 6.45) is 0. The first kappa shape index (κ1) is 21.5. The fraction of sp³-hybridized carbons (Fsp3) is 0.211. The minimum absolute atomic E-state index is 0.0793. The number of nitrogens with two attached hydrogens (primary N) is 1. The van der Waals surface area contributed by atoms with Crippen LogP contribution in [0.1, 0.15) is 16.2 Å². The fourth-order valence-electron chi connectivity index (χ4n) is 2.70. The number of benzene rings is 2. The standard InChI is InChI=1S/C19H19FN6O5/c1-10-23-24-25-26(10)12-4-5-13(20)14(8-12)22-19(28)11-6-15(29-2)18(16(7-11)30-3)31-9-17(21)27/h4-8H,9H2,1-3H3,(H2,21,27)(H,22,28). The van der Waals surface area contributed by atoms with Crippen LogP contribution in [0.25, 0.3) is 5.69 Å². The molecule has 0 aliphatic carbocycles. The van der Waals surface area contributed by atoms with Crippen LogP contribution in [0, 0.1) is 12.7 Å². The number of nitrogens with one attached hydrogen (secondary N) is 1. The second kappa shape index (κ2) is 9.07. The zero-order valence-electron chi connectivity index (χ0n) is 16.9. The Kier molecular flexibility index (Phi) is 6.29. The summed E-state index contributed by atoms with van der Waals surface area (Å²) in [6.45, 7) is 1.27. The normalized spacial score (nSPS) is 10.5. The van der Waals surface area contributed by atoms with Gasteiger partial charge in [0.1, 0.15) is 5.82 Å². The largest absolute Gasteiger partial charge is 0.493 e. The third kappa shape index (κ3) is 4.69. The predicted octanol–water partition coefficient (Wildman–Crippen LogP) is 1.24. The Morgan fingerprint density at radius 2 is 1.84 bits per heavy atom. The van der Waals surface area contributed by atoms with Crippen LogP contribution in [0.5, 0.6) is 17.2 Å². The maximum atomic E-state index is 14.3. The summed E-state index contributed by atoms with van der Waals surface area (Å²) in [7, 11) is 2.70. The molecular formula is C19H19FN6O5. The van der Waals surface area contributed by atoms with Crippen LogP contribution in [-0.2, 0) is 4.79 Å². The topological polar surface area (TPSA) is 143 Å². The van der Waals surface area contributed by atoms with E-state index in [9.17, 15) is 14.0 Å². The number of amides is 2. The Labute approximate surface area is 175 Å². The second-order valence-corrected chi connectivity index (χ2v) is 6.22. The molecule has 31 heavy (non-hydrogen) atoms. The Hall–Kier alpha value is -4.22. The van der Waals surface area contributed by atoms with Crippen molar-refractivity contribution in [3.05, 3.63) is 47.5 Å². The van der Waals surface area contributed by atoms with Crippen LogP contribution in [0.15, 0.2) is 30.3 Å². The third-order valence-corrected chi connectivity index (χ3v) is 4.15. The summed E-state index contributed by atoms with van der Waals surface area (Å²) < 4.78 is 31.5. The number of anilines is 1. The first-order chi connectivity index (χ1) is 14.8. The Morgan fingerprint density at radius 1 is 1.16 bits per heavy atom. The summed E-state index contributed by atoms with van der Waals surface area (Å²) in [5, 5.41) is 13.6. The summed E-state index contributed by atoms with van der Waals surface area (Å²) in [4.78, 5) is 23.8. The number of carbonyl (C=O) groups excluding carboxylic acids is 2. The van der Waals surface area contributed by atoms with Crippen molar-refractivity contribution in [2.24, 2.45) is 5.73 Å². The van der Waals surface area contributed by atoms with Gasteiger partial charge in [-0.15, -0.1) is 5.10 Å². The van der Waals surface area contributed by atoms with Gasteiger partial charge in [0.2, 0.25) is 5.75 Å². The molecule has 2 amide bonds. The number of nitrogens with zero attached hydrogens (tertiary/aromatic N) is 4. The summed E-state index contributed by atoms with van der Waals surface area (Å²) >= 11 is 0. The van der Waals surface area contributed by atoms with Crippen LogP contribution in [-0.4, -0.2) is 52.8 Å². The molecule has 0 aliphatic heterocycles. The molecule has 1 aromatic heterocycles. The minimum atomic E-state index is -0.695. The lowest BCUT2D eigenvalue weighted by molar-refractivity contribution is -0.120. The Morgan fingerprint density at radius 3 is 2.39 bits per heavy atom. The monoisotopic (exact) mass is 430 g/mol. The number of methoxy groups -OCH3 is 2. The molecule has 0 bridgehead atoms. The molecule has 162 valence electrons. The van der Waals surface area contributed by atoms with Crippen molar-refractivity contribution in [2.75, 3.05) is 26.1 Å². The van der Waals surface area contributed by atoms with Gasteiger partial charge < -0.3 is 25.3 Å². The lowest BCUT2D eigenvalue weighted by Crippen LogP contribution is -2.20. The third-order valence-electron chi connectivity index (χ3n) is 4.15. The predicted molar refractivity (Wildman–Crippen MR) is 106 cm³/mol. The smallest absolute Gasteiger partial charge is 0.256 e. The van der Waals surface area contributed by atoms with E-state index in [0.29, 0.717) is 11.5 Å². The van der Waals surface area contributed by atoms with E-state index in [2.05, 4.69) is 20.8 Å². The Bertz CT molecular complexity index is 1110. The number of carbonyl (C=O) groups is 2. The van der Waals surface area contributed by atoms with E-state index in [1.165, 1.54) is 49.2 Å². The number of primary amides is 1. The lowest BCUT2D eigenvalue weighted by Gasteiger charge is -2.15. The van der Waals surface area contributed by atoms with Crippen molar-refractivity contribution >= 4 is 17.5 Å². The fourth-order valence-corrected chi connectivity index (χ4v) is 2.70. The van der Waals surface area contributed by atoms with Crippen molar-refractivity contribution in [3.8, 4) is 22.9 Å². The van der Waals surface area contributed by atoms with Crippen molar-refractivity contribution in [1.29, 1.82) is 0 Å². The zero-order chi connectivity index (χ0) is 22.5. The van der Waals surface area contributed by atoms with E-state index >= 15 is 0 Å². The van der Waals surface area contributed by atoms with Gasteiger partial charge in [-0.25, -0.2) is 4.39 Å². The number of hydrogen-bond donors (Lipinski definition) is 2. The van der Waals surface area contributed by atoms with Gasteiger partial charge in [0, 0.05) is 5.56 Å². The molecule has 0 spiro atoms.